The Bertz CT molecular complexity index is 147. The lowest BCUT2D eigenvalue weighted by molar-refractivity contribution is -0.127. The van der Waals surface area contributed by atoms with Crippen LogP contribution in [0.25, 0.3) is 0 Å². The van der Waals surface area contributed by atoms with Crippen LogP contribution in [-0.4, -0.2) is 11.8 Å². The first-order valence-corrected chi connectivity index (χ1v) is 3.54. The van der Waals surface area contributed by atoms with Gasteiger partial charge in [-0.3, -0.25) is 4.79 Å². The molecule has 0 radical (unpaired) electrons. The standard InChI is InChI=1S/C7H11NO/c8-7-3-6(7)4-1-5(9)2-4/h4,6-7H,1-3,8H2/t6-,7+/m0/s1. The number of carbonyl (C=O) groups is 1. The van der Waals surface area contributed by atoms with E-state index in [1.165, 1.54) is 0 Å². The molecule has 2 aliphatic rings. The van der Waals surface area contributed by atoms with Gasteiger partial charge in [0.05, 0.1) is 0 Å². The Morgan fingerprint density at radius 1 is 1.44 bits per heavy atom. The molecule has 2 nitrogen and oxygen atoms in total. The summed E-state index contributed by atoms with van der Waals surface area (Å²) in [4.78, 5) is 10.5. The third kappa shape index (κ3) is 0.778. The highest BCUT2D eigenvalue weighted by atomic mass is 16.1. The summed E-state index contributed by atoms with van der Waals surface area (Å²) < 4.78 is 0. The van der Waals surface area contributed by atoms with Gasteiger partial charge in [-0.15, -0.1) is 0 Å². The van der Waals surface area contributed by atoms with Crippen LogP contribution >= 0.6 is 0 Å². The van der Waals surface area contributed by atoms with Crippen molar-refractivity contribution >= 4 is 5.78 Å². The maximum Gasteiger partial charge on any atom is 0.133 e. The van der Waals surface area contributed by atoms with Gasteiger partial charge in [0.25, 0.3) is 0 Å². The number of hydrogen-bond acceptors (Lipinski definition) is 2. The minimum atomic E-state index is 0.430. The minimum Gasteiger partial charge on any atom is -0.327 e. The molecule has 0 aromatic heterocycles. The number of nitrogens with two attached hydrogens (primary N) is 1. The van der Waals surface area contributed by atoms with Crippen LogP contribution < -0.4 is 5.73 Å². The van der Waals surface area contributed by atoms with Crippen LogP contribution in [0, 0.1) is 11.8 Å². The summed E-state index contributed by atoms with van der Waals surface area (Å²) in [6.07, 6.45) is 2.80. The highest BCUT2D eigenvalue weighted by Gasteiger charge is 2.45. The summed E-state index contributed by atoms with van der Waals surface area (Å²) in [5.41, 5.74) is 5.61. The number of carbonyl (C=O) groups excluding carboxylic acids is 1. The van der Waals surface area contributed by atoms with Crippen LogP contribution in [0.1, 0.15) is 19.3 Å². The average Bonchev–Trinajstić information content (AvgIpc) is 2.38. The monoisotopic (exact) mass is 125 g/mol. The molecule has 0 bridgehead atoms. The predicted octanol–water partition coefficient (Wildman–Crippen LogP) is 0.313. The van der Waals surface area contributed by atoms with Gasteiger partial charge in [-0.2, -0.15) is 0 Å². The Balaban J connectivity index is 1.84. The second-order valence-corrected chi connectivity index (χ2v) is 3.27. The van der Waals surface area contributed by atoms with Crippen molar-refractivity contribution in [1.29, 1.82) is 0 Å². The van der Waals surface area contributed by atoms with Crippen molar-refractivity contribution < 1.29 is 4.79 Å². The molecular formula is C7H11NO. The van der Waals surface area contributed by atoms with Gasteiger partial charge in [0.2, 0.25) is 0 Å². The summed E-state index contributed by atoms with van der Waals surface area (Å²) in [7, 11) is 0. The topological polar surface area (TPSA) is 43.1 Å². The van der Waals surface area contributed by atoms with Gasteiger partial charge in [-0.25, -0.2) is 0 Å². The molecule has 50 valence electrons. The van der Waals surface area contributed by atoms with Crippen LogP contribution in [0.2, 0.25) is 0 Å². The predicted molar refractivity (Wildman–Crippen MR) is 33.8 cm³/mol. The number of rotatable bonds is 1. The van der Waals surface area contributed by atoms with E-state index in [2.05, 4.69) is 0 Å². The first kappa shape index (κ1) is 5.42. The molecule has 2 fully saturated rings. The van der Waals surface area contributed by atoms with Gasteiger partial charge in [0.1, 0.15) is 5.78 Å². The van der Waals surface area contributed by atoms with E-state index in [1.54, 1.807) is 0 Å². The highest BCUT2D eigenvalue weighted by molar-refractivity contribution is 5.84. The van der Waals surface area contributed by atoms with E-state index in [-0.39, 0.29) is 0 Å². The van der Waals surface area contributed by atoms with Crippen molar-refractivity contribution in [2.75, 3.05) is 0 Å². The third-order valence-electron chi connectivity index (χ3n) is 2.48. The van der Waals surface area contributed by atoms with Crippen molar-refractivity contribution in [1.82, 2.24) is 0 Å². The van der Waals surface area contributed by atoms with Gasteiger partial charge in [0, 0.05) is 18.9 Å². The second kappa shape index (κ2) is 1.57. The summed E-state index contributed by atoms with van der Waals surface area (Å²) >= 11 is 0. The van der Waals surface area contributed by atoms with Gasteiger partial charge < -0.3 is 5.73 Å². The molecule has 0 heterocycles. The summed E-state index contributed by atoms with van der Waals surface area (Å²) in [5.74, 6) is 1.81. The zero-order chi connectivity index (χ0) is 6.43. The molecule has 2 aliphatic carbocycles. The Hall–Kier alpha value is -0.370. The fourth-order valence-electron chi connectivity index (χ4n) is 1.61. The average molecular weight is 125 g/mol. The largest absolute Gasteiger partial charge is 0.327 e. The first-order chi connectivity index (χ1) is 4.27. The molecule has 2 N–H and O–H groups in total. The lowest BCUT2D eigenvalue weighted by Crippen LogP contribution is -2.27. The molecule has 0 saturated heterocycles. The number of Topliss-reactive ketones (excluding diaryl/α,β-unsaturated/α-hetero) is 1. The Kier molecular flexibility index (Phi) is 0.943. The van der Waals surface area contributed by atoms with E-state index in [0.717, 1.165) is 19.3 Å². The van der Waals surface area contributed by atoms with E-state index in [9.17, 15) is 4.79 Å². The van der Waals surface area contributed by atoms with E-state index in [0.29, 0.717) is 23.7 Å². The van der Waals surface area contributed by atoms with Crippen molar-refractivity contribution in [3.8, 4) is 0 Å². The molecule has 2 heteroatoms. The maximum atomic E-state index is 10.5. The zero-order valence-corrected chi connectivity index (χ0v) is 5.34. The molecule has 2 saturated carbocycles. The van der Waals surface area contributed by atoms with E-state index in [4.69, 9.17) is 5.73 Å². The smallest absolute Gasteiger partial charge is 0.133 e. The second-order valence-electron chi connectivity index (χ2n) is 3.27. The zero-order valence-electron chi connectivity index (χ0n) is 5.34. The molecule has 0 aliphatic heterocycles. The fourth-order valence-corrected chi connectivity index (χ4v) is 1.61. The molecule has 0 unspecified atom stereocenters. The summed E-state index contributed by atoms with van der Waals surface area (Å²) in [6, 6.07) is 0.433. The summed E-state index contributed by atoms with van der Waals surface area (Å²) in [6.45, 7) is 0. The van der Waals surface area contributed by atoms with E-state index < -0.39 is 0 Å². The molecule has 9 heavy (non-hydrogen) atoms. The van der Waals surface area contributed by atoms with Gasteiger partial charge in [-0.05, 0) is 18.3 Å². The number of ketones is 1. The minimum absolute atomic E-state index is 0.430. The first-order valence-electron chi connectivity index (χ1n) is 3.54. The molecule has 2 atom stereocenters. The quantitative estimate of drug-likeness (QED) is 0.548. The fraction of sp³-hybridized carbons (Fsp3) is 0.857. The van der Waals surface area contributed by atoms with E-state index >= 15 is 0 Å². The van der Waals surface area contributed by atoms with Crippen molar-refractivity contribution in [2.45, 2.75) is 25.3 Å². The molecule has 0 spiro atoms. The third-order valence-corrected chi connectivity index (χ3v) is 2.48. The lowest BCUT2D eigenvalue weighted by Gasteiger charge is -2.23. The highest BCUT2D eigenvalue weighted by Crippen LogP contribution is 2.44. The normalized spacial score (nSPS) is 42.6. The Labute approximate surface area is 54.4 Å². The van der Waals surface area contributed by atoms with Crippen LogP contribution in [0.4, 0.5) is 0 Å². The van der Waals surface area contributed by atoms with Crippen LogP contribution in [0.5, 0.6) is 0 Å². The van der Waals surface area contributed by atoms with E-state index in [1.807, 2.05) is 0 Å². The van der Waals surface area contributed by atoms with Crippen LogP contribution in [0.15, 0.2) is 0 Å². The molecule has 0 aromatic carbocycles. The van der Waals surface area contributed by atoms with Crippen molar-refractivity contribution in [3.05, 3.63) is 0 Å². The SMILES string of the molecule is N[C@@H]1C[C@H]1C1CC(=O)C1. The lowest BCUT2D eigenvalue weighted by atomic mass is 9.80. The number of hydrogen-bond donors (Lipinski definition) is 1. The van der Waals surface area contributed by atoms with Gasteiger partial charge in [-0.1, -0.05) is 0 Å². The van der Waals surface area contributed by atoms with Gasteiger partial charge in [0.15, 0.2) is 0 Å². The van der Waals surface area contributed by atoms with Gasteiger partial charge >= 0.3 is 0 Å². The molecular weight excluding hydrogens is 114 g/mol. The molecule has 0 aromatic rings. The Morgan fingerprint density at radius 3 is 2.33 bits per heavy atom. The maximum absolute atomic E-state index is 10.5. The Morgan fingerprint density at radius 2 is 2.00 bits per heavy atom. The summed E-state index contributed by atoms with van der Waals surface area (Å²) in [5, 5.41) is 0. The van der Waals surface area contributed by atoms with Crippen LogP contribution in [-0.2, 0) is 4.79 Å². The molecule has 2 rings (SSSR count). The molecule has 0 amide bonds. The van der Waals surface area contributed by atoms with Crippen molar-refractivity contribution in [2.24, 2.45) is 17.6 Å². The van der Waals surface area contributed by atoms with Crippen molar-refractivity contribution in [3.63, 3.8) is 0 Å². The van der Waals surface area contributed by atoms with Crippen LogP contribution in [0.3, 0.4) is 0 Å².